The number of hydrogen-bond donors (Lipinski definition) is 1. The number of ether oxygens (including phenoxy) is 2. The van der Waals surface area contributed by atoms with Gasteiger partial charge in [0, 0.05) is 26.2 Å². The van der Waals surface area contributed by atoms with Crippen molar-refractivity contribution in [2.24, 2.45) is 0 Å². The number of hydrogen-bond acceptors (Lipinski definition) is 6. The van der Waals surface area contributed by atoms with Crippen molar-refractivity contribution in [1.29, 1.82) is 0 Å². The van der Waals surface area contributed by atoms with Gasteiger partial charge >= 0.3 is 0 Å². The van der Waals surface area contributed by atoms with Crippen molar-refractivity contribution in [2.75, 3.05) is 55.6 Å². The Morgan fingerprint density at radius 1 is 1.00 bits per heavy atom. The van der Waals surface area contributed by atoms with Gasteiger partial charge in [-0.25, -0.2) is 8.42 Å². The van der Waals surface area contributed by atoms with E-state index in [1.54, 1.807) is 37.4 Å². The van der Waals surface area contributed by atoms with Gasteiger partial charge < -0.3 is 19.7 Å². The van der Waals surface area contributed by atoms with Crippen LogP contribution in [-0.2, 0) is 10.0 Å². The summed E-state index contributed by atoms with van der Waals surface area (Å²) in [5.74, 6) is 1.26. The lowest BCUT2D eigenvalue weighted by molar-refractivity contribution is 0.315. The first-order chi connectivity index (χ1) is 13.1. The molecule has 2 aliphatic rings. The van der Waals surface area contributed by atoms with Crippen LogP contribution in [0.25, 0.3) is 0 Å². The molecule has 0 unspecified atom stereocenters. The van der Waals surface area contributed by atoms with Gasteiger partial charge in [-0.3, -0.25) is 4.31 Å². The second-order valence-corrected chi connectivity index (χ2v) is 8.33. The van der Waals surface area contributed by atoms with Gasteiger partial charge in [-0.05, 0) is 36.4 Å². The van der Waals surface area contributed by atoms with Crippen molar-refractivity contribution in [3.63, 3.8) is 0 Å². The van der Waals surface area contributed by atoms with Crippen molar-refractivity contribution in [3.8, 4) is 11.5 Å². The molecular formula is C19H23N3O4S. The van der Waals surface area contributed by atoms with Gasteiger partial charge in [0.05, 0.1) is 29.9 Å². The van der Waals surface area contributed by atoms with E-state index in [0.29, 0.717) is 23.8 Å². The van der Waals surface area contributed by atoms with E-state index >= 15 is 0 Å². The van der Waals surface area contributed by atoms with E-state index in [2.05, 4.69) is 10.2 Å². The number of para-hydroxylation sites is 1. The van der Waals surface area contributed by atoms with E-state index in [1.807, 2.05) is 12.1 Å². The lowest BCUT2D eigenvalue weighted by Crippen LogP contribution is -2.44. The quantitative estimate of drug-likeness (QED) is 0.858. The first-order valence-corrected chi connectivity index (χ1v) is 10.4. The van der Waals surface area contributed by atoms with Crippen LogP contribution < -0.4 is 24.0 Å². The Hall–Kier alpha value is -2.45. The molecule has 144 valence electrons. The van der Waals surface area contributed by atoms with Crippen molar-refractivity contribution < 1.29 is 17.9 Å². The molecule has 27 heavy (non-hydrogen) atoms. The molecule has 0 spiro atoms. The summed E-state index contributed by atoms with van der Waals surface area (Å²) in [6, 6.07) is 12.2. The van der Waals surface area contributed by atoms with E-state index < -0.39 is 10.0 Å². The SMILES string of the molecule is COc1ccc(S(=O)(=O)N2CCOc3c(N4CCNCC4)cccc32)cc1. The number of nitrogens with one attached hydrogen (secondary N) is 1. The number of piperazine rings is 1. The molecule has 0 saturated carbocycles. The van der Waals surface area contributed by atoms with Crippen LogP contribution >= 0.6 is 0 Å². The molecule has 8 heteroatoms. The van der Waals surface area contributed by atoms with Crippen LogP contribution in [0.1, 0.15) is 0 Å². The average Bonchev–Trinajstić information content (AvgIpc) is 2.73. The lowest BCUT2D eigenvalue weighted by atomic mass is 10.2. The second-order valence-electron chi connectivity index (χ2n) is 6.46. The molecule has 1 fully saturated rings. The molecule has 1 saturated heterocycles. The maximum absolute atomic E-state index is 13.2. The molecule has 4 rings (SSSR count). The Morgan fingerprint density at radius 3 is 2.41 bits per heavy atom. The molecule has 0 radical (unpaired) electrons. The highest BCUT2D eigenvalue weighted by Gasteiger charge is 2.32. The molecule has 0 atom stereocenters. The summed E-state index contributed by atoms with van der Waals surface area (Å²) in [4.78, 5) is 2.47. The molecule has 1 N–H and O–H groups in total. The van der Waals surface area contributed by atoms with Crippen LogP contribution in [0.15, 0.2) is 47.4 Å². The van der Waals surface area contributed by atoms with Gasteiger partial charge in [-0.15, -0.1) is 0 Å². The molecule has 2 aromatic rings. The highest BCUT2D eigenvalue weighted by Crippen LogP contribution is 2.42. The first kappa shape index (κ1) is 17.9. The normalized spacial score (nSPS) is 17.2. The number of benzene rings is 2. The molecule has 2 heterocycles. The highest BCUT2D eigenvalue weighted by atomic mass is 32.2. The molecule has 7 nitrogen and oxygen atoms in total. The Bertz CT molecular complexity index is 909. The number of anilines is 2. The highest BCUT2D eigenvalue weighted by molar-refractivity contribution is 7.92. The van der Waals surface area contributed by atoms with Gasteiger partial charge in [0.2, 0.25) is 0 Å². The number of rotatable bonds is 4. The number of methoxy groups -OCH3 is 1. The maximum Gasteiger partial charge on any atom is 0.264 e. The third-order valence-corrected chi connectivity index (χ3v) is 6.72. The zero-order chi connectivity index (χ0) is 18.9. The number of nitrogens with zero attached hydrogens (tertiary/aromatic N) is 2. The van der Waals surface area contributed by atoms with Gasteiger partial charge in [-0.1, -0.05) is 6.07 Å². The van der Waals surface area contributed by atoms with Gasteiger partial charge in [-0.2, -0.15) is 0 Å². The summed E-state index contributed by atoms with van der Waals surface area (Å²) in [6.45, 7) is 4.14. The smallest absolute Gasteiger partial charge is 0.264 e. The van der Waals surface area contributed by atoms with Crippen LogP contribution in [0.4, 0.5) is 11.4 Å². The van der Waals surface area contributed by atoms with Gasteiger partial charge in [0.1, 0.15) is 12.4 Å². The fraction of sp³-hybridized carbons (Fsp3) is 0.368. The van der Waals surface area contributed by atoms with E-state index in [9.17, 15) is 8.42 Å². The Labute approximate surface area is 159 Å². The standard InChI is InChI=1S/C19H23N3O4S/c1-25-15-5-7-16(8-6-15)27(23,24)22-13-14-26-19-17(3-2-4-18(19)22)21-11-9-20-10-12-21/h2-8,20H,9-14H2,1H3. The van der Waals surface area contributed by atoms with Crippen LogP contribution in [0, 0.1) is 0 Å². The number of sulfonamides is 1. The monoisotopic (exact) mass is 389 g/mol. The summed E-state index contributed by atoms with van der Waals surface area (Å²) in [5.41, 5.74) is 1.54. The fourth-order valence-electron chi connectivity index (χ4n) is 3.49. The van der Waals surface area contributed by atoms with E-state index in [1.165, 1.54) is 4.31 Å². The van der Waals surface area contributed by atoms with E-state index in [0.717, 1.165) is 31.9 Å². The summed E-state index contributed by atoms with van der Waals surface area (Å²) < 4.78 is 39.0. The van der Waals surface area contributed by atoms with Crippen LogP contribution in [0.5, 0.6) is 11.5 Å². The summed E-state index contributed by atoms with van der Waals surface area (Å²) in [5, 5.41) is 3.33. The molecule has 2 aliphatic heterocycles. The minimum absolute atomic E-state index is 0.240. The van der Waals surface area contributed by atoms with Crippen molar-refractivity contribution >= 4 is 21.4 Å². The predicted octanol–water partition coefficient (Wildman–Crippen LogP) is 1.69. The second kappa shape index (κ2) is 7.28. The largest absolute Gasteiger partial charge is 0.497 e. The van der Waals surface area contributed by atoms with Crippen molar-refractivity contribution in [1.82, 2.24) is 5.32 Å². The Balaban J connectivity index is 1.72. The third-order valence-electron chi connectivity index (χ3n) is 4.89. The first-order valence-electron chi connectivity index (χ1n) is 8.99. The van der Waals surface area contributed by atoms with Crippen LogP contribution in [0.2, 0.25) is 0 Å². The fourth-order valence-corrected chi connectivity index (χ4v) is 4.94. The molecule has 0 aliphatic carbocycles. The zero-order valence-electron chi connectivity index (χ0n) is 15.2. The lowest BCUT2D eigenvalue weighted by Gasteiger charge is -2.36. The minimum Gasteiger partial charge on any atom is -0.497 e. The van der Waals surface area contributed by atoms with E-state index in [-0.39, 0.29) is 11.4 Å². The summed E-state index contributed by atoms with van der Waals surface area (Å²) in [6.07, 6.45) is 0. The maximum atomic E-state index is 13.2. The van der Waals surface area contributed by atoms with Crippen molar-refractivity contribution in [2.45, 2.75) is 4.90 Å². The van der Waals surface area contributed by atoms with Crippen LogP contribution in [0.3, 0.4) is 0 Å². The average molecular weight is 389 g/mol. The van der Waals surface area contributed by atoms with Crippen molar-refractivity contribution in [3.05, 3.63) is 42.5 Å². The molecule has 0 bridgehead atoms. The Morgan fingerprint density at radius 2 is 1.70 bits per heavy atom. The van der Waals surface area contributed by atoms with Gasteiger partial charge in [0.15, 0.2) is 5.75 Å². The summed E-state index contributed by atoms with van der Waals surface area (Å²) >= 11 is 0. The Kier molecular flexibility index (Phi) is 4.84. The molecule has 2 aromatic carbocycles. The third kappa shape index (κ3) is 3.30. The molecule has 0 aromatic heterocycles. The van der Waals surface area contributed by atoms with Crippen LogP contribution in [-0.4, -0.2) is 54.9 Å². The molecule has 0 amide bonds. The topological polar surface area (TPSA) is 71.1 Å². The van der Waals surface area contributed by atoms with Gasteiger partial charge in [0.25, 0.3) is 10.0 Å². The summed E-state index contributed by atoms with van der Waals surface area (Å²) in [7, 11) is -2.13. The van der Waals surface area contributed by atoms with E-state index in [4.69, 9.17) is 9.47 Å². The molecular weight excluding hydrogens is 366 g/mol. The predicted molar refractivity (Wildman–Crippen MR) is 105 cm³/mol. The zero-order valence-corrected chi connectivity index (χ0v) is 16.0. The minimum atomic E-state index is -3.68. The number of fused-ring (bicyclic) bond motifs is 1.